The van der Waals surface area contributed by atoms with E-state index in [2.05, 4.69) is 15.3 Å². The number of ether oxygens (including phenoxy) is 2. The summed E-state index contributed by atoms with van der Waals surface area (Å²) in [5.74, 6) is 0.329. The monoisotopic (exact) mass is 341 g/mol. The normalized spacial score (nSPS) is 15.8. The molecule has 1 aliphatic heterocycles. The molecule has 5 N–H and O–H groups in total. The minimum atomic E-state index is -0.827. The van der Waals surface area contributed by atoms with Crippen molar-refractivity contribution < 1.29 is 9.47 Å². The van der Waals surface area contributed by atoms with E-state index < -0.39 is 17.2 Å². The van der Waals surface area contributed by atoms with Crippen molar-refractivity contribution >= 4 is 5.82 Å². The Morgan fingerprint density at radius 3 is 2.60 bits per heavy atom. The van der Waals surface area contributed by atoms with E-state index in [1.54, 1.807) is 18.2 Å². The SMILES string of the molecule is COc1ccc(OC)c([C@@H]2C(C#N)=C(N)Nc3[nH]c(=O)[nH]c(=O)c32)c1. The largest absolute Gasteiger partial charge is 0.497 e. The van der Waals surface area contributed by atoms with Crippen molar-refractivity contribution in [3.63, 3.8) is 0 Å². The first kappa shape index (κ1) is 16.2. The highest BCUT2D eigenvalue weighted by Crippen LogP contribution is 2.42. The molecule has 128 valence electrons. The molecule has 1 aromatic heterocycles. The molecule has 0 fully saturated rings. The third-order valence-electron chi connectivity index (χ3n) is 3.98. The lowest BCUT2D eigenvalue weighted by atomic mass is 9.83. The Bertz CT molecular complexity index is 1030. The van der Waals surface area contributed by atoms with Crippen molar-refractivity contribution in [2.45, 2.75) is 5.92 Å². The van der Waals surface area contributed by atoms with Gasteiger partial charge in [-0.05, 0) is 18.2 Å². The number of nitrogens with one attached hydrogen (secondary N) is 3. The van der Waals surface area contributed by atoms with Crippen LogP contribution in [0.2, 0.25) is 0 Å². The number of hydrogen-bond donors (Lipinski definition) is 4. The van der Waals surface area contributed by atoms with Gasteiger partial charge in [-0.25, -0.2) is 4.79 Å². The summed E-state index contributed by atoms with van der Waals surface area (Å²) in [5.41, 5.74) is 5.45. The van der Waals surface area contributed by atoms with Crippen molar-refractivity contribution in [1.82, 2.24) is 9.97 Å². The van der Waals surface area contributed by atoms with E-state index in [0.717, 1.165) is 0 Å². The van der Waals surface area contributed by atoms with E-state index in [9.17, 15) is 14.9 Å². The van der Waals surface area contributed by atoms with Crippen LogP contribution in [0.4, 0.5) is 5.82 Å². The zero-order valence-electron chi connectivity index (χ0n) is 13.5. The van der Waals surface area contributed by atoms with Gasteiger partial charge in [-0.1, -0.05) is 0 Å². The van der Waals surface area contributed by atoms with Gasteiger partial charge in [-0.3, -0.25) is 14.8 Å². The zero-order chi connectivity index (χ0) is 18.1. The number of benzene rings is 1. The first-order chi connectivity index (χ1) is 12.0. The van der Waals surface area contributed by atoms with Gasteiger partial charge in [0.1, 0.15) is 23.1 Å². The molecular formula is C16H15N5O4. The molecule has 0 aliphatic carbocycles. The maximum atomic E-state index is 12.4. The zero-order valence-corrected chi connectivity index (χ0v) is 13.5. The van der Waals surface area contributed by atoms with E-state index in [4.69, 9.17) is 15.2 Å². The molecular weight excluding hydrogens is 326 g/mol. The van der Waals surface area contributed by atoms with Gasteiger partial charge in [0.2, 0.25) is 0 Å². The van der Waals surface area contributed by atoms with Crippen molar-refractivity contribution in [2.24, 2.45) is 5.73 Å². The van der Waals surface area contributed by atoms with Crippen molar-refractivity contribution in [2.75, 3.05) is 19.5 Å². The highest BCUT2D eigenvalue weighted by Gasteiger charge is 2.34. The number of methoxy groups -OCH3 is 2. The maximum Gasteiger partial charge on any atom is 0.327 e. The predicted molar refractivity (Wildman–Crippen MR) is 89.5 cm³/mol. The average Bonchev–Trinajstić information content (AvgIpc) is 2.59. The van der Waals surface area contributed by atoms with E-state index in [1.165, 1.54) is 14.2 Å². The second-order valence-corrected chi connectivity index (χ2v) is 5.30. The number of allylic oxidation sites excluding steroid dienone is 1. The Kier molecular flexibility index (Phi) is 3.94. The second kappa shape index (κ2) is 6.09. The van der Waals surface area contributed by atoms with Crippen LogP contribution in [0.3, 0.4) is 0 Å². The fraction of sp³-hybridized carbons (Fsp3) is 0.188. The molecule has 0 amide bonds. The molecule has 2 heterocycles. The number of rotatable bonds is 3. The molecule has 3 rings (SSSR count). The van der Waals surface area contributed by atoms with E-state index in [1.807, 2.05) is 6.07 Å². The van der Waals surface area contributed by atoms with Gasteiger partial charge >= 0.3 is 5.69 Å². The fourth-order valence-corrected chi connectivity index (χ4v) is 2.87. The van der Waals surface area contributed by atoms with E-state index >= 15 is 0 Å². The molecule has 2 aromatic rings. The number of H-pyrrole nitrogens is 2. The molecule has 1 aromatic carbocycles. The topological polar surface area (TPSA) is 146 Å². The van der Waals surface area contributed by atoms with Crippen LogP contribution >= 0.6 is 0 Å². The molecule has 0 spiro atoms. The molecule has 0 bridgehead atoms. The molecule has 25 heavy (non-hydrogen) atoms. The van der Waals surface area contributed by atoms with Gasteiger partial charge in [-0.2, -0.15) is 5.26 Å². The van der Waals surface area contributed by atoms with Gasteiger partial charge in [0.15, 0.2) is 0 Å². The lowest BCUT2D eigenvalue weighted by Gasteiger charge is -2.27. The molecule has 0 saturated carbocycles. The standard InChI is InChI=1S/C16H15N5O4/c1-24-7-3-4-10(25-2)8(5-7)11-9(6-17)13(18)19-14-12(11)15(22)21-16(23)20-14/h3-5,11H,18H2,1-2H3,(H3,19,20,21,22,23)/t11-/m1/s1. The number of nitriles is 1. The highest BCUT2D eigenvalue weighted by atomic mass is 16.5. The van der Waals surface area contributed by atoms with Gasteiger partial charge in [0.25, 0.3) is 5.56 Å². The summed E-state index contributed by atoms with van der Waals surface area (Å²) in [6.45, 7) is 0. The molecule has 1 atom stereocenters. The minimum absolute atomic E-state index is 0.0473. The quantitative estimate of drug-likeness (QED) is 0.629. The van der Waals surface area contributed by atoms with Crippen LogP contribution in [0.25, 0.3) is 0 Å². The molecule has 0 radical (unpaired) electrons. The number of fused-ring (bicyclic) bond motifs is 1. The van der Waals surface area contributed by atoms with Crippen molar-refractivity contribution in [3.8, 4) is 17.6 Å². The number of nitrogens with two attached hydrogens (primary N) is 1. The van der Waals surface area contributed by atoms with Crippen LogP contribution in [0.1, 0.15) is 17.0 Å². The van der Waals surface area contributed by atoms with Crippen LogP contribution < -0.4 is 31.8 Å². The molecule has 9 heteroatoms. The summed E-state index contributed by atoms with van der Waals surface area (Å²) >= 11 is 0. The third-order valence-corrected chi connectivity index (χ3v) is 3.98. The molecule has 9 nitrogen and oxygen atoms in total. The number of nitrogens with zero attached hydrogens (tertiary/aromatic N) is 1. The summed E-state index contributed by atoms with van der Waals surface area (Å²) in [6, 6.07) is 7.05. The third kappa shape index (κ3) is 2.59. The van der Waals surface area contributed by atoms with Gasteiger partial charge < -0.3 is 20.5 Å². The summed E-state index contributed by atoms with van der Waals surface area (Å²) in [7, 11) is 2.98. The smallest absolute Gasteiger partial charge is 0.327 e. The summed E-state index contributed by atoms with van der Waals surface area (Å²) in [4.78, 5) is 28.7. The Hall–Kier alpha value is -3.67. The van der Waals surface area contributed by atoms with Gasteiger partial charge in [0, 0.05) is 5.56 Å². The van der Waals surface area contributed by atoms with Gasteiger partial charge in [0.05, 0.1) is 37.3 Å². The Morgan fingerprint density at radius 2 is 1.96 bits per heavy atom. The lowest BCUT2D eigenvalue weighted by molar-refractivity contribution is 0.398. The van der Waals surface area contributed by atoms with Crippen LogP contribution in [0.15, 0.2) is 39.2 Å². The maximum absolute atomic E-state index is 12.4. The Morgan fingerprint density at radius 1 is 1.20 bits per heavy atom. The minimum Gasteiger partial charge on any atom is -0.497 e. The summed E-state index contributed by atoms with van der Waals surface area (Å²) < 4.78 is 10.6. The average molecular weight is 341 g/mol. The Balaban J connectivity index is 2.37. The highest BCUT2D eigenvalue weighted by molar-refractivity contribution is 5.65. The predicted octanol–water partition coefficient (Wildman–Crippen LogP) is 0.332. The number of aromatic nitrogens is 2. The van der Waals surface area contributed by atoms with Gasteiger partial charge in [-0.15, -0.1) is 0 Å². The Labute approximate surface area is 141 Å². The van der Waals surface area contributed by atoms with Crippen LogP contribution in [0, 0.1) is 11.3 Å². The number of hydrogen-bond acceptors (Lipinski definition) is 7. The van der Waals surface area contributed by atoms with Crippen molar-refractivity contribution in [1.29, 1.82) is 5.26 Å². The summed E-state index contributed by atoms with van der Waals surface area (Å²) in [5, 5.41) is 12.3. The van der Waals surface area contributed by atoms with E-state index in [-0.39, 0.29) is 22.8 Å². The second-order valence-electron chi connectivity index (χ2n) is 5.30. The fourth-order valence-electron chi connectivity index (χ4n) is 2.87. The first-order valence-electron chi connectivity index (χ1n) is 7.25. The lowest BCUT2D eigenvalue weighted by Crippen LogP contribution is -2.34. The summed E-state index contributed by atoms with van der Waals surface area (Å²) in [6.07, 6.45) is 0. The van der Waals surface area contributed by atoms with E-state index in [0.29, 0.717) is 17.1 Å². The van der Waals surface area contributed by atoms with Crippen LogP contribution in [-0.2, 0) is 0 Å². The molecule has 0 saturated heterocycles. The number of anilines is 1. The van der Waals surface area contributed by atoms with Crippen LogP contribution in [0.5, 0.6) is 11.5 Å². The first-order valence-corrected chi connectivity index (χ1v) is 7.25. The molecule has 0 unspecified atom stereocenters. The van der Waals surface area contributed by atoms with Crippen LogP contribution in [-0.4, -0.2) is 24.2 Å². The number of aromatic amines is 2. The molecule has 1 aliphatic rings. The van der Waals surface area contributed by atoms with Crippen molar-refractivity contribution in [3.05, 3.63) is 61.6 Å².